The molecule has 108 valence electrons. The third kappa shape index (κ3) is 2.57. The summed E-state index contributed by atoms with van der Waals surface area (Å²) in [6.45, 7) is 4.53. The van der Waals surface area contributed by atoms with Crippen LogP contribution in [0.1, 0.15) is 29.7 Å². The van der Waals surface area contributed by atoms with E-state index >= 15 is 0 Å². The fourth-order valence-corrected chi connectivity index (χ4v) is 3.14. The summed E-state index contributed by atoms with van der Waals surface area (Å²) in [4.78, 5) is 0. The van der Waals surface area contributed by atoms with Gasteiger partial charge in [0.1, 0.15) is 5.15 Å². The summed E-state index contributed by atoms with van der Waals surface area (Å²) in [5.41, 5.74) is 4.30. The van der Waals surface area contributed by atoms with E-state index in [2.05, 4.69) is 35.8 Å². The van der Waals surface area contributed by atoms with Gasteiger partial charge in [0, 0.05) is 23.0 Å². The van der Waals surface area contributed by atoms with Gasteiger partial charge in [-0.15, -0.1) is 0 Å². The molecule has 0 saturated carbocycles. The molecule has 3 aromatic rings. The highest BCUT2D eigenvalue weighted by atomic mass is 35.5. The van der Waals surface area contributed by atoms with E-state index in [1.54, 1.807) is 6.92 Å². The van der Waals surface area contributed by atoms with Crippen molar-refractivity contribution in [3.8, 4) is 0 Å². The second-order valence-corrected chi connectivity index (χ2v) is 5.83. The quantitative estimate of drug-likeness (QED) is 0.745. The Balaban J connectivity index is 2.14. The van der Waals surface area contributed by atoms with Crippen LogP contribution >= 0.6 is 11.6 Å². The van der Waals surface area contributed by atoms with E-state index < -0.39 is 6.10 Å². The molecule has 21 heavy (non-hydrogen) atoms. The molecule has 0 spiro atoms. The summed E-state index contributed by atoms with van der Waals surface area (Å²) in [5.74, 6) is 0. The van der Waals surface area contributed by atoms with E-state index in [1.807, 2.05) is 24.3 Å². The van der Waals surface area contributed by atoms with Crippen molar-refractivity contribution in [2.75, 3.05) is 0 Å². The summed E-state index contributed by atoms with van der Waals surface area (Å²) >= 11 is 6.53. The van der Waals surface area contributed by atoms with E-state index in [0.29, 0.717) is 11.7 Å². The average molecular weight is 300 g/mol. The van der Waals surface area contributed by atoms with Crippen LogP contribution in [0.4, 0.5) is 0 Å². The van der Waals surface area contributed by atoms with Gasteiger partial charge >= 0.3 is 0 Å². The maximum absolute atomic E-state index is 10.0. The predicted molar refractivity (Wildman–Crippen MR) is 87.9 cm³/mol. The van der Waals surface area contributed by atoms with Crippen molar-refractivity contribution in [3.05, 3.63) is 70.4 Å². The third-order valence-corrected chi connectivity index (χ3v) is 4.23. The van der Waals surface area contributed by atoms with Gasteiger partial charge in [-0.1, -0.05) is 59.6 Å². The first-order valence-corrected chi connectivity index (χ1v) is 7.46. The molecule has 0 bridgehead atoms. The van der Waals surface area contributed by atoms with Gasteiger partial charge in [0.05, 0.1) is 6.10 Å². The van der Waals surface area contributed by atoms with Crippen LogP contribution < -0.4 is 0 Å². The van der Waals surface area contributed by atoms with Crippen LogP contribution in [0.15, 0.2) is 48.5 Å². The number of hydrogen-bond donors (Lipinski definition) is 1. The molecule has 0 aliphatic rings. The van der Waals surface area contributed by atoms with Crippen LogP contribution in [-0.2, 0) is 6.54 Å². The molecule has 1 atom stereocenters. The minimum absolute atomic E-state index is 0.582. The normalized spacial score (nSPS) is 12.8. The Hall–Kier alpha value is -1.77. The van der Waals surface area contributed by atoms with E-state index in [-0.39, 0.29) is 0 Å². The number of nitrogens with zero attached hydrogens (tertiary/aromatic N) is 1. The average Bonchev–Trinajstić information content (AvgIpc) is 2.74. The molecule has 0 fully saturated rings. The van der Waals surface area contributed by atoms with E-state index in [4.69, 9.17) is 11.6 Å². The number of aliphatic hydroxyl groups is 1. The molecule has 3 heteroatoms. The second kappa shape index (κ2) is 5.55. The molecule has 1 heterocycles. The van der Waals surface area contributed by atoms with E-state index in [0.717, 1.165) is 16.5 Å². The number of rotatable bonds is 3. The van der Waals surface area contributed by atoms with Crippen molar-refractivity contribution >= 4 is 22.5 Å². The van der Waals surface area contributed by atoms with Crippen LogP contribution in [-0.4, -0.2) is 9.67 Å². The van der Waals surface area contributed by atoms with Crippen LogP contribution in [0.25, 0.3) is 10.9 Å². The zero-order valence-corrected chi connectivity index (χ0v) is 12.9. The minimum atomic E-state index is -0.582. The fourth-order valence-electron chi connectivity index (χ4n) is 2.73. The highest BCUT2D eigenvalue weighted by molar-refractivity contribution is 6.32. The lowest BCUT2D eigenvalue weighted by Crippen LogP contribution is -2.00. The molecule has 0 radical (unpaired) electrons. The number of halogens is 1. The molecule has 1 aromatic heterocycles. The van der Waals surface area contributed by atoms with Crippen molar-refractivity contribution < 1.29 is 5.11 Å². The van der Waals surface area contributed by atoms with Crippen LogP contribution in [0.5, 0.6) is 0 Å². The third-order valence-electron chi connectivity index (χ3n) is 3.82. The smallest absolute Gasteiger partial charge is 0.116 e. The zero-order chi connectivity index (χ0) is 15.0. The van der Waals surface area contributed by atoms with Gasteiger partial charge < -0.3 is 9.67 Å². The highest BCUT2D eigenvalue weighted by Crippen LogP contribution is 2.34. The summed E-state index contributed by atoms with van der Waals surface area (Å²) in [6, 6.07) is 16.5. The lowest BCUT2D eigenvalue weighted by molar-refractivity contribution is 0.200. The Kier molecular flexibility index (Phi) is 3.75. The Labute approximate surface area is 129 Å². The fraction of sp³-hybridized carbons (Fsp3) is 0.222. The molecule has 0 aliphatic carbocycles. The number of para-hydroxylation sites is 1. The van der Waals surface area contributed by atoms with Gasteiger partial charge in [0.25, 0.3) is 0 Å². The Morgan fingerprint density at radius 2 is 1.76 bits per heavy atom. The number of aryl methyl sites for hydroxylation is 1. The molecule has 2 aromatic carbocycles. The van der Waals surface area contributed by atoms with Gasteiger partial charge in [0.2, 0.25) is 0 Å². The molecular formula is C18H18ClNO. The van der Waals surface area contributed by atoms with Crippen molar-refractivity contribution in [2.24, 2.45) is 0 Å². The number of aliphatic hydroxyl groups excluding tert-OH is 1. The molecule has 0 aliphatic heterocycles. The molecule has 3 rings (SSSR count). The lowest BCUT2D eigenvalue weighted by Gasteiger charge is -2.08. The zero-order valence-electron chi connectivity index (χ0n) is 12.2. The van der Waals surface area contributed by atoms with Gasteiger partial charge in [-0.05, 0) is 25.5 Å². The first-order chi connectivity index (χ1) is 10.1. The Morgan fingerprint density at radius 3 is 2.43 bits per heavy atom. The summed E-state index contributed by atoms with van der Waals surface area (Å²) in [5, 5.41) is 11.7. The number of hydrogen-bond acceptors (Lipinski definition) is 1. The van der Waals surface area contributed by atoms with Crippen molar-refractivity contribution in [1.82, 2.24) is 4.57 Å². The maximum Gasteiger partial charge on any atom is 0.116 e. The maximum atomic E-state index is 10.0. The van der Waals surface area contributed by atoms with Gasteiger partial charge in [-0.2, -0.15) is 0 Å². The predicted octanol–water partition coefficient (Wildman–Crippen LogP) is 4.70. The topological polar surface area (TPSA) is 25.2 Å². The lowest BCUT2D eigenvalue weighted by atomic mass is 10.1. The number of fused-ring (bicyclic) bond motifs is 1. The van der Waals surface area contributed by atoms with Gasteiger partial charge in [0.15, 0.2) is 0 Å². The first-order valence-electron chi connectivity index (χ1n) is 7.08. The first kappa shape index (κ1) is 14.2. The molecule has 1 unspecified atom stereocenters. The number of aromatic nitrogens is 1. The molecule has 1 N–H and O–H groups in total. The minimum Gasteiger partial charge on any atom is -0.389 e. The van der Waals surface area contributed by atoms with Crippen LogP contribution in [0.2, 0.25) is 5.15 Å². The largest absolute Gasteiger partial charge is 0.389 e. The Bertz CT molecular complexity index is 772. The monoisotopic (exact) mass is 299 g/mol. The van der Waals surface area contributed by atoms with Crippen LogP contribution in [0.3, 0.4) is 0 Å². The summed E-state index contributed by atoms with van der Waals surface area (Å²) < 4.78 is 2.06. The van der Waals surface area contributed by atoms with Crippen molar-refractivity contribution in [2.45, 2.75) is 26.5 Å². The SMILES string of the molecule is Cc1ccc(Cn2c(Cl)c(C(C)O)c3ccccc32)cc1. The molecular weight excluding hydrogens is 282 g/mol. The second-order valence-electron chi connectivity index (χ2n) is 5.47. The van der Waals surface area contributed by atoms with Gasteiger partial charge in [-0.3, -0.25) is 0 Å². The standard InChI is InChI=1S/C18H18ClNO/c1-12-7-9-14(10-8-12)11-20-16-6-4-3-5-15(16)17(13(2)21)18(20)19/h3-10,13,21H,11H2,1-2H3. The Morgan fingerprint density at radius 1 is 1.10 bits per heavy atom. The van der Waals surface area contributed by atoms with Crippen molar-refractivity contribution in [1.29, 1.82) is 0 Å². The number of benzene rings is 2. The summed E-state index contributed by atoms with van der Waals surface area (Å²) in [7, 11) is 0. The van der Waals surface area contributed by atoms with Crippen molar-refractivity contribution in [3.63, 3.8) is 0 Å². The molecule has 0 saturated heterocycles. The molecule has 0 amide bonds. The highest BCUT2D eigenvalue weighted by Gasteiger charge is 2.18. The van der Waals surface area contributed by atoms with Gasteiger partial charge in [-0.25, -0.2) is 0 Å². The summed E-state index contributed by atoms with van der Waals surface area (Å²) in [6.07, 6.45) is -0.582. The molecule has 2 nitrogen and oxygen atoms in total. The van der Waals surface area contributed by atoms with E-state index in [1.165, 1.54) is 11.1 Å². The van der Waals surface area contributed by atoms with Crippen LogP contribution in [0, 0.1) is 6.92 Å². The van der Waals surface area contributed by atoms with E-state index in [9.17, 15) is 5.11 Å².